The molecule has 0 aliphatic rings. The molecule has 0 aliphatic heterocycles. The summed E-state index contributed by atoms with van der Waals surface area (Å²) in [6.07, 6.45) is 2.87. The SMILES string of the molecule is CCCCNC(=O)C(=O)NN=Cc1ccccc1F. The van der Waals surface area contributed by atoms with Crippen LogP contribution in [0.25, 0.3) is 0 Å². The fraction of sp³-hybridized carbons (Fsp3) is 0.308. The van der Waals surface area contributed by atoms with Gasteiger partial charge < -0.3 is 5.32 Å². The van der Waals surface area contributed by atoms with Crippen molar-refractivity contribution in [3.05, 3.63) is 35.6 Å². The van der Waals surface area contributed by atoms with Crippen LogP contribution in [0.15, 0.2) is 29.4 Å². The molecule has 102 valence electrons. The normalized spacial score (nSPS) is 10.4. The summed E-state index contributed by atoms with van der Waals surface area (Å²) < 4.78 is 13.2. The van der Waals surface area contributed by atoms with Gasteiger partial charge in [-0.3, -0.25) is 9.59 Å². The van der Waals surface area contributed by atoms with Gasteiger partial charge in [-0.1, -0.05) is 31.5 Å². The van der Waals surface area contributed by atoms with E-state index < -0.39 is 17.6 Å². The summed E-state index contributed by atoms with van der Waals surface area (Å²) in [5.41, 5.74) is 2.27. The number of benzene rings is 1. The highest BCUT2D eigenvalue weighted by atomic mass is 19.1. The van der Waals surface area contributed by atoms with Crippen LogP contribution in [0.3, 0.4) is 0 Å². The van der Waals surface area contributed by atoms with Gasteiger partial charge in [-0.2, -0.15) is 5.10 Å². The lowest BCUT2D eigenvalue weighted by Crippen LogP contribution is -2.38. The number of carbonyl (C=O) groups excluding carboxylic acids is 2. The minimum atomic E-state index is -0.872. The quantitative estimate of drug-likeness (QED) is 0.363. The number of rotatable bonds is 5. The molecule has 0 bridgehead atoms. The molecule has 2 N–H and O–H groups in total. The van der Waals surface area contributed by atoms with Crippen LogP contribution < -0.4 is 10.7 Å². The Hall–Kier alpha value is -2.24. The van der Waals surface area contributed by atoms with E-state index in [1.807, 2.05) is 12.3 Å². The Labute approximate surface area is 110 Å². The molecule has 0 atom stereocenters. The summed E-state index contributed by atoms with van der Waals surface area (Å²) in [4.78, 5) is 22.5. The van der Waals surface area contributed by atoms with Crippen LogP contribution in [0.5, 0.6) is 0 Å². The van der Waals surface area contributed by atoms with Crippen LogP contribution in [0.4, 0.5) is 4.39 Å². The molecule has 1 rings (SSSR count). The molecule has 0 aromatic heterocycles. The summed E-state index contributed by atoms with van der Waals surface area (Å²) in [7, 11) is 0. The predicted octanol–water partition coefficient (Wildman–Crippen LogP) is 1.19. The van der Waals surface area contributed by atoms with Gasteiger partial charge in [-0.15, -0.1) is 0 Å². The summed E-state index contributed by atoms with van der Waals surface area (Å²) in [6, 6.07) is 5.98. The van der Waals surface area contributed by atoms with Gasteiger partial charge in [0.15, 0.2) is 0 Å². The van der Waals surface area contributed by atoms with Crippen LogP contribution in [0.2, 0.25) is 0 Å². The van der Waals surface area contributed by atoms with Gasteiger partial charge in [0.2, 0.25) is 0 Å². The number of hydrazone groups is 1. The maximum atomic E-state index is 13.2. The van der Waals surface area contributed by atoms with Crippen molar-refractivity contribution >= 4 is 18.0 Å². The molecule has 19 heavy (non-hydrogen) atoms. The number of halogens is 1. The van der Waals surface area contributed by atoms with E-state index in [-0.39, 0.29) is 5.56 Å². The molecule has 0 saturated heterocycles. The molecule has 1 aromatic rings. The zero-order valence-corrected chi connectivity index (χ0v) is 10.6. The molecule has 0 radical (unpaired) electrons. The molecule has 0 spiro atoms. The molecule has 2 amide bonds. The second-order valence-corrected chi connectivity index (χ2v) is 3.83. The Bertz CT molecular complexity index is 475. The standard InChI is InChI=1S/C13H16FN3O2/c1-2-3-8-15-12(18)13(19)17-16-9-10-6-4-5-7-11(10)14/h4-7,9H,2-3,8H2,1H3,(H,15,18)(H,17,19). The monoisotopic (exact) mass is 265 g/mol. The lowest BCUT2D eigenvalue weighted by Gasteiger charge is -2.02. The number of hydrogen-bond acceptors (Lipinski definition) is 3. The number of nitrogens with zero attached hydrogens (tertiary/aromatic N) is 1. The number of carbonyl (C=O) groups is 2. The van der Waals surface area contributed by atoms with Crippen molar-refractivity contribution in [2.75, 3.05) is 6.54 Å². The average Bonchev–Trinajstić information content (AvgIpc) is 2.41. The van der Waals surface area contributed by atoms with Crippen molar-refractivity contribution in [1.29, 1.82) is 0 Å². The van der Waals surface area contributed by atoms with E-state index in [1.165, 1.54) is 12.1 Å². The number of amides is 2. The van der Waals surface area contributed by atoms with Gasteiger partial charge in [0.1, 0.15) is 5.82 Å². The highest BCUT2D eigenvalue weighted by Gasteiger charge is 2.10. The molecule has 0 heterocycles. The minimum Gasteiger partial charge on any atom is -0.348 e. The van der Waals surface area contributed by atoms with Gasteiger partial charge in [0.05, 0.1) is 6.21 Å². The van der Waals surface area contributed by atoms with Gasteiger partial charge in [-0.25, -0.2) is 9.82 Å². The second-order valence-electron chi connectivity index (χ2n) is 3.83. The van der Waals surface area contributed by atoms with Crippen molar-refractivity contribution in [3.8, 4) is 0 Å². The Balaban J connectivity index is 2.41. The molecule has 0 unspecified atom stereocenters. The molecular weight excluding hydrogens is 249 g/mol. The highest BCUT2D eigenvalue weighted by molar-refractivity contribution is 6.35. The van der Waals surface area contributed by atoms with Crippen molar-refractivity contribution < 1.29 is 14.0 Å². The Morgan fingerprint density at radius 2 is 2.05 bits per heavy atom. The maximum Gasteiger partial charge on any atom is 0.329 e. The van der Waals surface area contributed by atoms with Crippen molar-refractivity contribution in [3.63, 3.8) is 0 Å². The van der Waals surface area contributed by atoms with E-state index in [1.54, 1.807) is 12.1 Å². The van der Waals surface area contributed by atoms with Gasteiger partial charge in [0, 0.05) is 12.1 Å². The largest absolute Gasteiger partial charge is 0.348 e. The van der Waals surface area contributed by atoms with Gasteiger partial charge in [0.25, 0.3) is 0 Å². The Kier molecular flexibility index (Phi) is 6.21. The topological polar surface area (TPSA) is 70.6 Å². The van der Waals surface area contributed by atoms with Gasteiger partial charge >= 0.3 is 11.8 Å². The second kappa shape index (κ2) is 7.97. The lowest BCUT2D eigenvalue weighted by molar-refractivity contribution is -0.139. The molecular formula is C13H16FN3O2. The first kappa shape index (κ1) is 14.8. The smallest absolute Gasteiger partial charge is 0.329 e. The van der Waals surface area contributed by atoms with E-state index in [4.69, 9.17) is 0 Å². The van der Waals surface area contributed by atoms with Crippen LogP contribution >= 0.6 is 0 Å². The van der Waals surface area contributed by atoms with Gasteiger partial charge in [-0.05, 0) is 12.5 Å². The number of nitrogens with one attached hydrogen (secondary N) is 2. The first-order valence-electron chi connectivity index (χ1n) is 6.01. The van der Waals surface area contributed by atoms with Crippen LogP contribution in [-0.2, 0) is 9.59 Å². The molecule has 6 heteroatoms. The van der Waals surface area contributed by atoms with E-state index in [2.05, 4.69) is 10.4 Å². The zero-order valence-electron chi connectivity index (χ0n) is 10.6. The molecule has 5 nitrogen and oxygen atoms in total. The summed E-state index contributed by atoms with van der Waals surface area (Å²) in [5.74, 6) is -2.07. The third-order valence-electron chi connectivity index (χ3n) is 2.30. The van der Waals surface area contributed by atoms with E-state index in [0.29, 0.717) is 6.54 Å². The molecule has 0 saturated carbocycles. The minimum absolute atomic E-state index is 0.231. The summed E-state index contributed by atoms with van der Waals surface area (Å²) in [6.45, 7) is 2.42. The molecule has 0 fully saturated rings. The molecule has 0 aliphatic carbocycles. The highest BCUT2D eigenvalue weighted by Crippen LogP contribution is 2.02. The van der Waals surface area contributed by atoms with Crippen molar-refractivity contribution in [1.82, 2.24) is 10.7 Å². The number of unbranched alkanes of at least 4 members (excludes halogenated alkanes) is 1. The van der Waals surface area contributed by atoms with Crippen LogP contribution in [0, 0.1) is 5.82 Å². The fourth-order valence-corrected chi connectivity index (χ4v) is 1.25. The van der Waals surface area contributed by atoms with E-state index in [9.17, 15) is 14.0 Å². The third-order valence-corrected chi connectivity index (χ3v) is 2.30. The average molecular weight is 265 g/mol. The van der Waals surface area contributed by atoms with Crippen LogP contribution in [0.1, 0.15) is 25.3 Å². The van der Waals surface area contributed by atoms with Crippen molar-refractivity contribution in [2.45, 2.75) is 19.8 Å². The maximum absolute atomic E-state index is 13.2. The Morgan fingerprint density at radius 3 is 2.74 bits per heavy atom. The summed E-state index contributed by atoms with van der Waals surface area (Å²) in [5, 5.41) is 5.97. The predicted molar refractivity (Wildman–Crippen MR) is 70.1 cm³/mol. The van der Waals surface area contributed by atoms with E-state index >= 15 is 0 Å². The molecule has 1 aromatic carbocycles. The van der Waals surface area contributed by atoms with Crippen LogP contribution in [-0.4, -0.2) is 24.6 Å². The van der Waals surface area contributed by atoms with E-state index in [0.717, 1.165) is 19.1 Å². The summed E-state index contributed by atoms with van der Waals surface area (Å²) >= 11 is 0. The Morgan fingerprint density at radius 1 is 1.32 bits per heavy atom. The first-order valence-corrected chi connectivity index (χ1v) is 6.01. The third kappa shape index (κ3) is 5.29. The fourth-order valence-electron chi connectivity index (χ4n) is 1.25. The lowest BCUT2D eigenvalue weighted by atomic mass is 10.2. The van der Waals surface area contributed by atoms with Crippen molar-refractivity contribution in [2.24, 2.45) is 5.10 Å². The zero-order chi connectivity index (χ0) is 14.1. The number of hydrogen-bond donors (Lipinski definition) is 2. The first-order chi connectivity index (χ1) is 9.15.